The largest absolute Gasteiger partial charge is 0.366 e. The first-order valence-corrected chi connectivity index (χ1v) is 5.57. The highest BCUT2D eigenvalue weighted by molar-refractivity contribution is 5.91. The summed E-state index contributed by atoms with van der Waals surface area (Å²) in [5, 5.41) is 13.6. The summed E-state index contributed by atoms with van der Waals surface area (Å²) in [6.07, 6.45) is 2.40. The fourth-order valence-corrected chi connectivity index (χ4v) is 1.72. The topological polar surface area (TPSA) is 66.9 Å². The van der Waals surface area contributed by atoms with Crippen molar-refractivity contribution >= 4 is 11.7 Å². The van der Waals surface area contributed by atoms with Crippen LogP contribution in [-0.2, 0) is 0 Å². The zero-order valence-electron chi connectivity index (χ0n) is 9.53. The van der Waals surface area contributed by atoms with Crippen LogP contribution >= 0.6 is 0 Å². The van der Waals surface area contributed by atoms with Gasteiger partial charge in [0.15, 0.2) is 5.69 Å². The van der Waals surface area contributed by atoms with Crippen molar-refractivity contribution in [1.82, 2.24) is 15.5 Å². The summed E-state index contributed by atoms with van der Waals surface area (Å²) < 4.78 is 0. The number of hydrogen-bond acceptors (Lipinski definition) is 4. The molecule has 0 radical (unpaired) electrons. The van der Waals surface area contributed by atoms with Gasteiger partial charge in [0.2, 0.25) is 0 Å². The van der Waals surface area contributed by atoms with Crippen LogP contribution in [-0.4, -0.2) is 29.2 Å². The highest BCUT2D eigenvalue weighted by atomic mass is 16.1. The van der Waals surface area contributed by atoms with E-state index >= 15 is 0 Å². The molecule has 1 aliphatic carbocycles. The van der Waals surface area contributed by atoms with Crippen LogP contribution in [0.3, 0.4) is 0 Å². The standard InChI is InChI=1S/C11H16N4O/c1-3-7-6-9(7)13-10-5-4-8(14-15-10)11(16)12-2/h4-5,7,9H,3,6H2,1-2H3,(H,12,16)(H,13,15). The Bertz CT molecular complexity index is 376. The molecule has 2 N–H and O–H groups in total. The van der Waals surface area contributed by atoms with Crippen LogP contribution in [0.25, 0.3) is 0 Å². The number of nitrogens with zero attached hydrogens (tertiary/aromatic N) is 2. The van der Waals surface area contributed by atoms with Crippen molar-refractivity contribution in [3.63, 3.8) is 0 Å². The lowest BCUT2D eigenvalue weighted by Gasteiger charge is -2.04. The van der Waals surface area contributed by atoms with Crippen LogP contribution in [0.1, 0.15) is 30.3 Å². The fourth-order valence-electron chi connectivity index (χ4n) is 1.72. The number of anilines is 1. The number of carbonyl (C=O) groups is 1. The Morgan fingerprint density at radius 3 is 2.81 bits per heavy atom. The molecule has 1 heterocycles. The number of rotatable bonds is 4. The van der Waals surface area contributed by atoms with Gasteiger partial charge in [-0.2, -0.15) is 0 Å². The average Bonchev–Trinajstić information content (AvgIpc) is 3.07. The molecular weight excluding hydrogens is 204 g/mol. The van der Waals surface area contributed by atoms with E-state index in [0.29, 0.717) is 11.7 Å². The normalized spacial score (nSPS) is 22.6. The lowest BCUT2D eigenvalue weighted by atomic mass is 10.3. The Balaban J connectivity index is 1.95. The average molecular weight is 220 g/mol. The highest BCUT2D eigenvalue weighted by Gasteiger charge is 2.35. The van der Waals surface area contributed by atoms with Crippen molar-refractivity contribution in [2.24, 2.45) is 5.92 Å². The van der Waals surface area contributed by atoms with Crippen LogP contribution in [0.4, 0.5) is 5.82 Å². The zero-order chi connectivity index (χ0) is 11.5. The molecule has 0 bridgehead atoms. The van der Waals surface area contributed by atoms with Gasteiger partial charge in [-0.3, -0.25) is 4.79 Å². The van der Waals surface area contributed by atoms with Gasteiger partial charge in [-0.1, -0.05) is 13.3 Å². The van der Waals surface area contributed by atoms with Gasteiger partial charge in [-0.05, 0) is 24.5 Å². The molecule has 5 heteroatoms. The summed E-state index contributed by atoms with van der Waals surface area (Å²) >= 11 is 0. The van der Waals surface area contributed by atoms with Crippen LogP contribution in [0.5, 0.6) is 0 Å². The molecule has 0 aliphatic heterocycles. The summed E-state index contributed by atoms with van der Waals surface area (Å²) in [6.45, 7) is 2.19. The van der Waals surface area contributed by atoms with Crippen LogP contribution in [0.15, 0.2) is 12.1 Å². The van der Waals surface area contributed by atoms with E-state index < -0.39 is 0 Å². The molecule has 16 heavy (non-hydrogen) atoms. The molecule has 5 nitrogen and oxygen atoms in total. The molecule has 1 amide bonds. The van der Waals surface area contributed by atoms with E-state index in [1.165, 1.54) is 12.8 Å². The first kappa shape index (κ1) is 10.9. The van der Waals surface area contributed by atoms with Crippen molar-refractivity contribution in [2.75, 3.05) is 12.4 Å². The Hall–Kier alpha value is -1.65. The number of aromatic nitrogens is 2. The third kappa shape index (κ3) is 2.29. The number of amides is 1. The van der Waals surface area contributed by atoms with Gasteiger partial charge in [0, 0.05) is 13.1 Å². The summed E-state index contributed by atoms with van der Waals surface area (Å²) in [6, 6.07) is 4.00. The first-order valence-electron chi connectivity index (χ1n) is 5.57. The number of carbonyl (C=O) groups excluding carboxylic acids is 1. The maximum Gasteiger partial charge on any atom is 0.271 e. The van der Waals surface area contributed by atoms with Gasteiger partial charge in [0.05, 0.1) is 0 Å². The van der Waals surface area contributed by atoms with E-state index in [9.17, 15) is 4.79 Å². The maximum atomic E-state index is 11.2. The molecule has 2 unspecified atom stereocenters. The SMILES string of the molecule is CCC1CC1Nc1ccc(C(=O)NC)nn1. The van der Waals surface area contributed by atoms with E-state index in [2.05, 4.69) is 27.8 Å². The van der Waals surface area contributed by atoms with Crippen molar-refractivity contribution in [3.05, 3.63) is 17.8 Å². The zero-order valence-corrected chi connectivity index (χ0v) is 9.53. The molecule has 0 spiro atoms. The lowest BCUT2D eigenvalue weighted by molar-refractivity contribution is 0.0957. The van der Waals surface area contributed by atoms with Crippen LogP contribution in [0.2, 0.25) is 0 Å². The Morgan fingerprint density at radius 2 is 2.31 bits per heavy atom. The smallest absolute Gasteiger partial charge is 0.271 e. The van der Waals surface area contributed by atoms with Crippen molar-refractivity contribution in [1.29, 1.82) is 0 Å². The van der Waals surface area contributed by atoms with Crippen LogP contribution < -0.4 is 10.6 Å². The molecule has 1 fully saturated rings. The second kappa shape index (κ2) is 4.47. The summed E-state index contributed by atoms with van der Waals surface area (Å²) in [5.41, 5.74) is 0.343. The van der Waals surface area contributed by atoms with E-state index in [-0.39, 0.29) is 5.91 Å². The lowest BCUT2D eigenvalue weighted by Crippen LogP contribution is -2.20. The second-order valence-corrected chi connectivity index (χ2v) is 4.04. The van der Waals surface area contributed by atoms with E-state index in [0.717, 1.165) is 11.7 Å². The minimum Gasteiger partial charge on any atom is -0.366 e. The fraction of sp³-hybridized carbons (Fsp3) is 0.545. The molecule has 1 saturated carbocycles. The molecule has 1 aromatic rings. The minimum atomic E-state index is -0.211. The third-order valence-electron chi connectivity index (χ3n) is 2.90. The summed E-state index contributed by atoms with van der Waals surface area (Å²) in [4.78, 5) is 11.2. The Morgan fingerprint density at radius 1 is 1.50 bits per heavy atom. The molecule has 2 rings (SSSR count). The highest BCUT2D eigenvalue weighted by Crippen LogP contribution is 2.35. The van der Waals surface area contributed by atoms with Gasteiger partial charge in [-0.25, -0.2) is 0 Å². The Labute approximate surface area is 94.6 Å². The van der Waals surface area contributed by atoms with Crippen molar-refractivity contribution < 1.29 is 4.79 Å². The number of nitrogens with one attached hydrogen (secondary N) is 2. The summed E-state index contributed by atoms with van der Waals surface area (Å²) in [7, 11) is 1.58. The first-order chi connectivity index (χ1) is 7.74. The van der Waals surface area contributed by atoms with Crippen molar-refractivity contribution in [2.45, 2.75) is 25.8 Å². The quantitative estimate of drug-likeness (QED) is 0.795. The Kier molecular flexibility index (Phi) is 3.03. The van der Waals surface area contributed by atoms with Gasteiger partial charge in [0.1, 0.15) is 5.82 Å². The molecule has 1 aromatic heterocycles. The van der Waals surface area contributed by atoms with Crippen molar-refractivity contribution in [3.8, 4) is 0 Å². The van der Waals surface area contributed by atoms with Gasteiger partial charge < -0.3 is 10.6 Å². The van der Waals surface area contributed by atoms with Gasteiger partial charge >= 0.3 is 0 Å². The predicted molar refractivity (Wildman–Crippen MR) is 61.2 cm³/mol. The van der Waals surface area contributed by atoms with Gasteiger partial charge in [0.25, 0.3) is 5.91 Å². The maximum absolute atomic E-state index is 11.2. The van der Waals surface area contributed by atoms with E-state index in [1.54, 1.807) is 19.2 Å². The molecule has 1 aliphatic rings. The molecule has 2 atom stereocenters. The van der Waals surface area contributed by atoms with E-state index in [1.807, 2.05) is 0 Å². The molecule has 0 saturated heterocycles. The summed E-state index contributed by atoms with van der Waals surface area (Å²) in [5.74, 6) is 1.30. The van der Waals surface area contributed by atoms with Crippen LogP contribution in [0, 0.1) is 5.92 Å². The number of hydrogen-bond donors (Lipinski definition) is 2. The second-order valence-electron chi connectivity index (χ2n) is 4.04. The monoisotopic (exact) mass is 220 g/mol. The minimum absolute atomic E-state index is 0.211. The third-order valence-corrected chi connectivity index (χ3v) is 2.90. The molecule has 86 valence electrons. The molecular formula is C11H16N4O. The van der Waals surface area contributed by atoms with E-state index in [4.69, 9.17) is 0 Å². The van der Waals surface area contributed by atoms with Gasteiger partial charge in [-0.15, -0.1) is 10.2 Å². The predicted octanol–water partition coefficient (Wildman–Crippen LogP) is 1.05. The molecule has 0 aromatic carbocycles.